The van der Waals surface area contributed by atoms with E-state index in [2.05, 4.69) is 4.98 Å². The number of ether oxygens (including phenoxy) is 1. The number of nitrogens with zero attached hydrogens (tertiary/aromatic N) is 1. The summed E-state index contributed by atoms with van der Waals surface area (Å²) in [6.45, 7) is 0.815. The first-order valence-electron chi connectivity index (χ1n) is 9.52. The first kappa shape index (κ1) is 6.39. The summed E-state index contributed by atoms with van der Waals surface area (Å²) in [4.78, 5) is 3.62. The topological polar surface area (TPSA) is 40.6 Å². The van der Waals surface area contributed by atoms with Crippen LogP contribution in [0.25, 0.3) is 0 Å². The molecule has 0 aliphatic carbocycles. The fourth-order valence-corrected chi connectivity index (χ4v) is 1.49. The van der Waals surface area contributed by atoms with Gasteiger partial charge in [0.05, 0.1) is 30.8 Å². The minimum absolute atomic E-state index is 0.156. The summed E-state index contributed by atoms with van der Waals surface area (Å²) in [7, 11) is -1.16. The maximum atomic E-state index is 8.22. The fourth-order valence-electron chi connectivity index (χ4n) is 1.49. The fraction of sp³-hybridized carbons (Fsp3) is 0.615. The van der Waals surface area contributed by atoms with E-state index in [1.54, 1.807) is 27.7 Å². The van der Waals surface area contributed by atoms with Crippen molar-refractivity contribution >= 4 is 12.6 Å². The van der Waals surface area contributed by atoms with Crippen LogP contribution < -0.4 is 10.2 Å². The van der Waals surface area contributed by atoms with Crippen LogP contribution in [0.3, 0.4) is 0 Å². The van der Waals surface area contributed by atoms with Crippen molar-refractivity contribution in [2.45, 2.75) is 45.7 Å². The summed E-state index contributed by atoms with van der Waals surface area (Å²) in [6, 6.07) is -0.568. The first-order chi connectivity index (χ1) is 11.5. The zero-order valence-electron chi connectivity index (χ0n) is 18.7. The van der Waals surface area contributed by atoms with E-state index in [1.165, 1.54) is 0 Å². The normalized spacial score (nSPS) is 29.0. The van der Waals surface area contributed by atoms with Gasteiger partial charge in [0.25, 0.3) is 0 Å². The minimum Gasteiger partial charge on any atom is -0.492 e. The van der Waals surface area contributed by atoms with Crippen LogP contribution in [0.15, 0.2) is 18.4 Å². The monoisotopic (exact) mass is 257 g/mol. The molecule has 4 nitrogen and oxygen atoms in total. The highest BCUT2D eigenvalue weighted by Crippen LogP contribution is 2.36. The van der Waals surface area contributed by atoms with E-state index in [9.17, 15) is 0 Å². The van der Waals surface area contributed by atoms with Crippen LogP contribution >= 0.6 is 0 Å². The Hall–Kier alpha value is -1.07. The summed E-state index contributed by atoms with van der Waals surface area (Å²) in [5.41, 5.74) is -1.68. The lowest BCUT2D eigenvalue weighted by atomic mass is 9.80. The van der Waals surface area contributed by atoms with Crippen molar-refractivity contribution in [2.24, 2.45) is 0 Å². The average Bonchev–Trinajstić information content (AvgIpc) is 2.61. The second-order valence-electron chi connectivity index (χ2n) is 5.00. The Morgan fingerprint density at radius 2 is 2.06 bits per heavy atom. The molecule has 0 aromatic carbocycles. The molecule has 5 heteroatoms. The van der Waals surface area contributed by atoms with Gasteiger partial charge < -0.3 is 14.0 Å². The molecule has 0 unspecified atom stereocenters. The number of hydrogen-bond donors (Lipinski definition) is 0. The highest BCUT2D eigenvalue weighted by atomic mass is 16.7. The lowest BCUT2D eigenvalue weighted by Crippen LogP contribution is -2.41. The van der Waals surface area contributed by atoms with Crippen molar-refractivity contribution in [3.8, 4) is 5.75 Å². The lowest BCUT2D eigenvalue weighted by Gasteiger charge is -2.32. The summed E-state index contributed by atoms with van der Waals surface area (Å²) < 4.78 is 77.0. The molecule has 0 atom stereocenters. The molecule has 98 valence electrons. The second-order valence-corrected chi connectivity index (χ2v) is 5.00. The maximum Gasteiger partial charge on any atom is 0.496 e. The Labute approximate surface area is 120 Å². The van der Waals surface area contributed by atoms with Crippen molar-refractivity contribution in [1.82, 2.24) is 4.98 Å². The first-order valence-corrected chi connectivity index (χ1v) is 5.52. The van der Waals surface area contributed by atoms with Crippen molar-refractivity contribution in [3.05, 3.63) is 18.4 Å². The van der Waals surface area contributed by atoms with Gasteiger partial charge in [0.15, 0.2) is 0 Å². The van der Waals surface area contributed by atoms with Crippen LogP contribution in [-0.4, -0.2) is 29.9 Å². The molecule has 1 saturated heterocycles. The molecular formula is C13H20BNO3. The summed E-state index contributed by atoms with van der Waals surface area (Å²) in [5, 5.41) is 0. The van der Waals surface area contributed by atoms with E-state index in [-0.39, 0.29) is 5.46 Å². The van der Waals surface area contributed by atoms with Gasteiger partial charge in [-0.15, -0.1) is 0 Å². The molecular weight excluding hydrogens is 229 g/mol. The van der Waals surface area contributed by atoms with Gasteiger partial charge in [-0.3, -0.25) is 4.98 Å². The van der Waals surface area contributed by atoms with Crippen LogP contribution in [0, 0.1) is 0 Å². The Balaban J connectivity index is 2.51. The molecule has 18 heavy (non-hydrogen) atoms. The number of aromatic nitrogens is 1. The molecule has 1 aromatic rings. The van der Waals surface area contributed by atoms with Gasteiger partial charge in [-0.2, -0.15) is 0 Å². The molecule has 0 amide bonds. The van der Waals surface area contributed by atoms with Gasteiger partial charge in [0, 0.05) is 15.7 Å². The third-order valence-electron chi connectivity index (χ3n) is 3.22. The minimum atomic E-state index is -3.14. The predicted molar refractivity (Wildman–Crippen MR) is 71.1 cm³/mol. The Kier molecular flexibility index (Phi) is 1.62. The van der Waals surface area contributed by atoms with E-state index in [0.29, 0.717) is 0 Å². The maximum absolute atomic E-state index is 8.22. The van der Waals surface area contributed by atoms with Crippen LogP contribution in [0.5, 0.6) is 5.75 Å². The molecule has 0 N–H and O–H groups in total. The van der Waals surface area contributed by atoms with Crippen LogP contribution in [-0.2, 0) is 9.31 Å². The van der Waals surface area contributed by atoms with Crippen LogP contribution in [0.2, 0.25) is 0 Å². The van der Waals surface area contributed by atoms with Gasteiger partial charge in [-0.05, 0) is 40.6 Å². The lowest BCUT2D eigenvalue weighted by molar-refractivity contribution is 0.00578. The second kappa shape index (κ2) is 4.55. The molecule has 1 aliphatic heterocycles. The molecule has 1 aliphatic rings. The Morgan fingerprint density at radius 3 is 2.67 bits per heavy atom. The van der Waals surface area contributed by atoms with Gasteiger partial charge in [0.1, 0.15) is 5.75 Å². The van der Waals surface area contributed by atoms with Gasteiger partial charge in [-0.1, -0.05) is 0 Å². The smallest absolute Gasteiger partial charge is 0.492 e. The van der Waals surface area contributed by atoms with Crippen molar-refractivity contribution in [3.63, 3.8) is 0 Å². The molecule has 1 aromatic heterocycles. The standard InChI is InChI=1S/C13H20BNO3/c1-6-16-11-7-10(8-15-9-11)14-17-12(2,3)13(4,5)18-14/h7-9H,6H2,1-5H3/i1D3,6D2,7D,8D,9D. The molecule has 0 radical (unpaired) electrons. The number of rotatable bonds is 3. The predicted octanol–water partition coefficient (Wildman–Crippen LogP) is 1.78. The molecule has 2 rings (SSSR count). The summed E-state index contributed by atoms with van der Waals surface area (Å²) in [6.07, 6.45) is -1.17. The molecule has 0 bridgehead atoms. The van der Waals surface area contributed by atoms with E-state index < -0.39 is 55.9 Å². The van der Waals surface area contributed by atoms with Gasteiger partial charge in [-0.25, -0.2) is 0 Å². The summed E-state index contributed by atoms with van der Waals surface area (Å²) >= 11 is 0. The van der Waals surface area contributed by atoms with Crippen molar-refractivity contribution in [2.75, 3.05) is 6.56 Å². The SMILES string of the molecule is [2H]c1nc([2H])c(B2OC(C)(C)C(C)(C)O2)c([2H])c1OC([2H])([2H])C([2H])([2H])[2H]. The van der Waals surface area contributed by atoms with E-state index >= 15 is 0 Å². The largest absolute Gasteiger partial charge is 0.496 e. The van der Waals surface area contributed by atoms with E-state index in [4.69, 9.17) is 25.0 Å². The third kappa shape index (κ3) is 2.38. The number of hydrogen-bond acceptors (Lipinski definition) is 4. The molecule has 2 heterocycles. The average molecular weight is 257 g/mol. The van der Waals surface area contributed by atoms with Crippen molar-refractivity contribution < 1.29 is 25.0 Å². The van der Waals surface area contributed by atoms with E-state index in [0.717, 1.165) is 0 Å². The zero-order valence-corrected chi connectivity index (χ0v) is 10.7. The Morgan fingerprint density at radius 1 is 1.39 bits per heavy atom. The molecule has 1 fully saturated rings. The zero-order chi connectivity index (χ0) is 20.3. The third-order valence-corrected chi connectivity index (χ3v) is 3.22. The van der Waals surface area contributed by atoms with Crippen LogP contribution in [0.1, 0.15) is 45.5 Å². The highest BCUT2D eigenvalue weighted by Gasteiger charge is 2.51. The highest BCUT2D eigenvalue weighted by molar-refractivity contribution is 6.62. The summed E-state index contributed by atoms with van der Waals surface area (Å²) in [5.74, 6) is -0.688. The Bertz CT molecular complexity index is 706. The van der Waals surface area contributed by atoms with Gasteiger partial charge in [0.2, 0.25) is 0 Å². The quantitative estimate of drug-likeness (QED) is 0.774. The van der Waals surface area contributed by atoms with E-state index in [1.807, 2.05) is 0 Å². The van der Waals surface area contributed by atoms with Crippen LogP contribution in [0.4, 0.5) is 0 Å². The molecule has 0 spiro atoms. The van der Waals surface area contributed by atoms with Crippen molar-refractivity contribution in [1.29, 1.82) is 0 Å². The number of pyridine rings is 1. The van der Waals surface area contributed by atoms with Gasteiger partial charge >= 0.3 is 7.12 Å². The molecule has 0 saturated carbocycles.